The molecular formula is C18H32B2. The summed E-state index contributed by atoms with van der Waals surface area (Å²) in [5, 5.41) is -0.493. The molecule has 2 fully saturated rings. The van der Waals surface area contributed by atoms with Crippen molar-refractivity contribution in [2.75, 3.05) is 0 Å². The van der Waals surface area contributed by atoms with Gasteiger partial charge in [-0.15, -0.1) is 0 Å². The summed E-state index contributed by atoms with van der Waals surface area (Å²) in [6.45, 7) is 6.84. The van der Waals surface area contributed by atoms with Crippen molar-refractivity contribution in [3.63, 3.8) is 0 Å². The highest BCUT2D eigenvalue weighted by Crippen LogP contribution is 2.61. The molecule has 2 rings (SSSR count). The van der Waals surface area contributed by atoms with Gasteiger partial charge in [-0.05, 0) is 42.9 Å². The monoisotopic (exact) mass is 270 g/mol. The zero-order chi connectivity index (χ0) is 14.9. The summed E-state index contributed by atoms with van der Waals surface area (Å²) < 4.78 is 0. The van der Waals surface area contributed by atoms with Gasteiger partial charge in [0.2, 0.25) is 0 Å². The smallest absolute Gasteiger partial charge is 0.0631 e. The zero-order valence-electron chi connectivity index (χ0n) is 14.0. The summed E-state index contributed by atoms with van der Waals surface area (Å²) in [4.78, 5) is 0. The van der Waals surface area contributed by atoms with Crippen molar-refractivity contribution in [2.24, 2.45) is 16.7 Å². The van der Waals surface area contributed by atoms with E-state index in [2.05, 4.69) is 20.8 Å². The van der Waals surface area contributed by atoms with Gasteiger partial charge < -0.3 is 0 Å². The minimum Gasteiger partial charge on any atom is -0.0913 e. The summed E-state index contributed by atoms with van der Waals surface area (Å²) in [6, 6.07) is 0. The summed E-state index contributed by atoms with van der Waals surface area (Å²) in [7, 11) is 13.4. The maximum Gasteiger partial charge on any atom is 0.0631 e. The van der Waals surface area contributed by atoms with E-state index in [4.69, 9.17) is 15.7 Å². The molecule has 0 aromatic rings. The third kappa shape index (κ3) is 3.14. The fourth-order valence-electron chi connectivity index (χ4n) is 4.78. The Morgan fingerprint density at radius 2 is 1.70 bits per heavy atom. The van der Waals surface area contributed by atoms with Gasteiger partial charge in [0, 0.05) is 0 Å². The number of hydrogen-bond acceptors (Lipinski definition) is 0. The maximum absolute atomic E-state index is 6.71. The molecule has 1 spiro atoms. The highest BCUT2D eigenvalue weighted by Gasteiger charge is 2.49. The van der Waals surface area contributed by atoms with Gasteiger partial charge in [0.05, 0.1) is 15.7 Å². The molecule has 0 aliphatic heterocycles. The molecule has 0 nitrogen and oxygen atoms in total. The van der Waals surface area contributed by atoms with Crippen molar-refractivity contribution in [1.29, 1.82) is 0 Å². The lowest BCUT2D eigenvalue weighted by molar-refractivity contribution is 0.195. The quantitative estimate of drug-likeness (QED) is 0.447. The molecule has 0 saturated heterocycles. The van der Waals surface area contributed by atoms with E-state index in [9.17, 15) is 0 Å². The van der Waals surface area contributed by atoms with Crippen molar-refractivity contribution in [3.05, 3.63) is 0 Å². The standard InChI is InChI=1S/C18H32B2/c1-4-5-6-10-16(2,3)18(19,20)15-9-13-17(14-15)11-7-8-12-17/h15H,4-14H2,1-3H3. The van der Waals surface area contributed by atoms with Crippen LogP contribution in [-0.2, 0) is 0 Å². The minimum atomic E-state index is -0.493. The predicted molar refractivity (Wildman–Crippen MR) is 90.4 cm³/mol. The summed E-state index contributed by atoms with van der Waals surface area (Å²) in [5.74, 6) is 0.525. The first kappa shape index (κ1) is 16.5. The zero-order valence-corrected chi connectivity index (χ0v) is 14.0. The van der Waals surface area contributed by atoms with Gasteiger partial charge >= 0.3 is 0 Å². The van der Waals surface area contributed by atoms with Gasteiger partial charge in [0.15, 0.2) is 0 Å². The molecule has 4 radical (unpaired) electrons. The van der Waals surface area contributed by atoms with Crippen molar-refractivity contribution >= 4 is 15.7 Å². The first-order valence-corrected chi connectivity index (χ1v) is 8.91. The van der Waals surface area contributed by atoms with Crippen LogP contribution in [0.3, 0.4) is 0 Å². The highest BCUT2D eigenvalue weighted by atomic mass is 14.5. The minimum absolute atomic E-state index is 0.0526. The molecule has 0 aromatic heterocycles. The van der Waals surface area contributed by atoms with E-state index in [1.54, 1.807) is 0 Å². The normalized spacial score (nSPS) is 26.4. The molecule has 20 heavy (non-hydrogen) atoms. The van der Waals surface area contributed by atoms with E-state index >= 15 is 0 Å². The van der Waals surface area contributed by atoms with Crippen molar-refractivity contribution in [2.45, 2.75) is 96.6 Å². The van der Waals surface area contributed by atoms with E-state index in [-0.39, 0.29) is 5.41 Å². The third-order valence-corrected chi connectivity index (χ3v) is 6.62. The molecular weight excluding hydrogens is 238 g/mol. The van der Waals surface area contributed by atoms with Gasteiger partial charge in [-0.1, -0.05) is 70.4 Å². The second-order valence-electron chi connectivity index (χ2n) is 8.42. The Labute approximate surface area is 129 Å². The molecule has 0 N–H and O–H groups in total. The third-order valence-electron chi connectivity index (χ3n) is 6.62. The van der Waals surface area contributed by atoms with Crippen LogP contribution in [0.1, 0.15) is 91.4 Å². The van der Waals surface area contributed by atoms with Crippen LogP contribution in [0.15, 0.2) is 0 Å². The first-order valence-electron chi connectivity index (χ1n) is 8.91. The predicted octanol–water partition coefficient (Wildman–Crippen LogP) is 5.41. The van der Waals surface area contributed by atoms with Crippen LogP contribution in [0.2, 0.25) is 5.21 Å². The molecule has 2 saturated carbocycles. The Hall–Kier alpha value is 0.130. The molecule has 2 aliphatic carbocycles. The largest absolute Gasteiger partial charge is 0.0913 e. The Bertz CT molecular complexity index is 313. The van der Waals surface area contributed by atoms with Crippen LogP contribution in [-0.4, -0.2) is 15.7 Å². The molecule has 0 bridgehead atoms. The van der Waals surface area contributed by atoms with Crippen LogP contribution >= 0.6 is 0 Å². The fourth-order valence-corrected chi connectivity index (χ4v) is 4.78. The molecule has 2 aliphatic rings. The van der Waals surface area contributed by atoms with Crippen LogP contribution in [0.25, 0.3) is 0 Å². The van der Waals surface area contributed by atoms with Crippen LogP contribution in [0, 0.1) is 16.7 Å². The van der Waals surface area contributed by atoms with E-state index in [0.29, 0.717) is 11.3 Å². The topological polar surface area (TPSA) is 0 Å². The van der Waals surface area contributed by atoms with Gasteiger partial charge in [-0.25, -0.2) is 0 Å². The number of rotatable bonds is 6. The van der Waals surface area contributed by atoms with Gasteiger partial charge in [0.25, 0.3) is 0 Å². The van der Waals surface area contributed by atoms with E-state index in [0.717, 1.165) is 6.42 Å². The Morgan fingerprint density at radius 1 is 1.05 bits per heavy atom. The van der Waals surface area contributed by atoms with Crippen molar-refractivity contribution in [3.8, 4) is 0 Å². The first-order chi connectivity index (χ1) is 9.33. The lowest BCUT2D eigenvalue weighted by atomic mass is 9.37. The van der Waals surface area contributed by atoms with E-state index in [1.807, 2.05) is 0 Å². The van der Waals surface area contributed by atoms with Gasteiger partial charge in [-0.2, -0.15) is 0 Å². The summed E-state index contributed by atoms with van der Waals surface area (Å²) in [6.07, 6.45) is 14.6. The maximum atomic E-state index is 6.71. The van der Waals surface area contributed by atoms with Crippen molar-refractivity contribution in [1.82, 2.24) is 0 Å². The molecule has 0 heterocycles. The Kier molecular flexibility index (Phi) is 5.02. The molecule has 0 aromatic carbocycles. The second-order valence-corrected chi connectivity index (χ2v) is 8.42. The Balaban J connectivity index is 1.98. The lowest BCUT2D eigenvalue weighted by Gasteiger charge is -2.48. The fraction of sp³-hybridized carbons (Fsp3) is 1.00. The Morgan fingerprint density at radius 3 is 2.30 bits per heavy atom. The van der Waals surface area contributed by atoms with E-state index < -0.39 is 5.21 Å². The van der Waals surface area contributed by atoms with E-state index in [1.165, 1.54) is 64.2 Å². The molecule has 2 heteroatoms. The second kappa shape index (κ2) is 6.09. The van der Waals surface area contributed by atoms with Crippen LogP contribution in [0.4, 0.5) is 0 Å². The van der Waals surface area contributed by atoms with Crippen LogP contribution in [0.5, 0.6) is 0 Å². The van der Waals surface area contributed by atoms with Gasteiger partial charge in [0.1, 0.15) is 0 Å². The molecule has 110 valence electrons. The average Bonchev–Trinajstić information content (AvgIpc) is 3.00. The SMILES string of the molecule is [B]C([B])(C1CCC2(CCCC2)C1)C(C)(C)CCCCC. The molecule has 1 unspecified atom stereocenters. The summed E-state index contributed by atoms with van der Waals surface area (Å²) in [5.41, 5.74) is 0.672. The number of hydrogen-bond donors (Lipinski definition) is 0. The lowest BCUT2D eigenvalue weighted by Crippen LogP contribution is -2.38. The summed E-state index contributed by atoms with van der Waals surface area (Å²) >= 11 is 0. The molecule has 0 amide bonds. The molecule has 1 atom stereocenters. The van der Waals surface area contributed by atoms with Gasteiger partial charge in [-0.3, -0.25) is 0 Å². The van der Waals surface area contributed by atoms with Crippen LogP contribution < -0.4 is 0 Å². The van der Waals surface area contributed by atoms with Crippen molar-refractivity contribution < 1.29 is 0 Å². The number of unbranched alkanes of at least 4 members (excludes halogenated alkanes) is 2. The average molecular weight is 270 g/mol. The highest BCUT2D eigenvalue weighted by molar-refractivity contribution is 6.40.